The molecule has 1 unspecified atom stereocenters. The monoisotopic (exact) mass is 257 g/mol. The molecule has 1 aromatic heterocycles. The van der Waals surface area contributed by atoms with Crippen molar-refractivity contribution in [3.8, 4) is 5.75 Å². The summed E-state index contributed by atoms with van der Waals surface area (Å²) in [4.78, 5) is 4.04. The maximum atomic E-state index is 10.4. The van der Waals surface area contributed by atoms with E-state index in [2.05, 4.69) is 11.9 Å². The van der Waals surface area contributed by atoms with E-state index in [1.807, 2.05) is 37.3 Å². The zero-order valence-electron chi connectivity index (χ0n) is 11.3. The van der Waals surface area contributed by atoms with E-state index in [0.29, 0.717) is 6.61 Å². The average Bonchev–Trinajstić information content (AvgIpc) is 2.45. The fourth-order valence-corrected chi connectivity index (χ4v) is 1.94. The minimum Gasteiger partial charge on any atom is -0.494 e. The lowest BCUT2D eigenvalue weighted by Crippen LogP contribution is -2.02. The molecule has 0 aliphatic rings. The highest BCUT2D eigenvalue weighted by molar-refractivity contribution is 5.36. The summed E-state index contributed by atoms with van der Waals surface area (Å²) in [5.41, 5.74) is 2.73. The molecular formula is C16H19NO2. The Morgan fingerprint density at radius 1 is 1.21 bits per heavy atom. The Labute approximate surface area is 113 Å². The van der Waals surface area contributed by atoms with Crippen molar-refractivity contribution >= 4 is 0 Å². The quantitative estimate of drug-likeness (QED) is 0.894. The van der Waals surface area contributed by atoms with E-state index >= 15 is 0 Å². The van der Waals surface area contributed by atoms with Crippen LogP contribution in [0.1, 0.15) is 36.1 Å². The molecule has 0 saturated heterocycles. The largest absolute Gasteiger partial charge is 0.494 e. The van der Waals surface area contributed by atoms with Crippen LogP contribution in [-0.2, 0) is 0 Å². The van der Waals surface area contributed by atoms with Crippen molar-refractivity contribution in [2.45, 2.75) is 26.4 Å². The Hall–Kier alpha value is -1.87. The topological polar surface area (TPSA) is 42.4 Å². The second-order valence-corrected chi connectivity index (χ2v) is 4.55. The lowest BCUT2D eigenvalue weighted by atomic mass is 9.99. The van der Waals surface area contributed by atoms with Crippen molar-refractivity contribution in [2.75, 3.05) is 6.61 Å². The number of aromatic nitrogens is 1. The van der Waals surface area contributed by atoms with Gasteiger partial charge in [-0.2, -0.15) is 0 Å². The lowest BCUT2D eigenvalue weighted by molar-refractivity contribution is 0.219. The predicted octanol–water partition coefficient (Wildman–Crippen LogP) is 3.26. The van der Waals surface area contributed by atoms with Crippen LogP contribution in [0.15, 0.2) is 42.7 Å². The average molecular weight is 257 g/mol. The third-order valence-electron chi connectivity index (χ3n) is 3.03. The number of aliphatic hydroxyl groups excluding tert-OH is 1. The molecule has 2 aromatic rings. The van der Waals surface area contributed by atoms with Crippen LogP contribution < -0.4 is 4.74 Å². The highest BCUT2D eigenvalue weighted by Crippen LogP contribution is 2.25. The second kappa shape index (κ2) is 6.34. The summed E-state index contributed by atoms with van der Waals surface area (Å²) in [6, 6.07) is 9.43. The molecule has 0 saturated carbocycles. The molecular weight excluding hydrogens is 238 g/mol. The molecule has 100 valence electrons. The van der Waals surface area contributed by atoms with Gasteiger partial charge in [0, 0.05) is 12.4 Å². The van der Waals surface area contributed by atoms with Gasteiger partial charge < -0.3 is 9.84 Å². The van der Waals surface area contributed by atoms with Crippen LogP contribution in [0.5, 0.6) is 5.75 Å². The molecule has 3 heteroatoms. The summed E-state index contributed by atoms with van der Waals surface area (Å²) < 4.78 is 5.53. The first-order valence-electron chi connectivity index (χ1n) is 6.53. The van der Waals surface area contributed by atoms with E-state index in [1.165, 1.54) is 0 Å². The number of benzene rings is 1. The number of hydrogen-bond donors (Lipinski definition) is 1. The maximum absolute atomic E-state index is 10.4. The highest BCUT2D eigenvalue weighted by Gasteiger charge is 2.12. The Morgan fingerprint density at radius 3 is 2.58 bits per heavy atom. The van der Waals surface area contributed by atoms with Gasteiger partial charge in [-0.05, 0) is 48.2 Å². The first-order valence-corrected chi connectivity index (χ1v) is 6.53. The van der Waals surface area contributed by atoms with Gasteiger partial charge in [0.1, 0.15) is 11.9 Å². The number of hydrogen-bond acceptors (Lipinski definition) is 3. The van der Waals surface area contributed by atoms with Gasteiger partial charge in [0.25, 0.3) is 0 Å². The van der Waals surface area contributed by atoms with Gasteiger partial charge in [-0.15, -0.1) is 0 Å². The number of rotatable bonds is 5. The molecule has 1 atom stereocenters. The SMILES string of the molecule is CCCOc1ccc(C(O)c2ccncc2C)cc1. The summed E-state index contributed by atoms with van der Waals surface area (Å²) >= 11 is 0. The van der Waals surface area contributed by atoms with Gasteiger partial charge >= 0.3 is 0 Å². The molecule has 0 aliphatic heterocycles. The van der Waals surface area contributed by atoms with Crippen molar-refractivity contribution in [1.29, 1.82) is 0 Å². The van der Waals surface area contributed by atoms with Crippen LogP contribution in [0.3, 0.4) is 0 Å². The zero-order valence-corrected chi connectivity index (χ0v) is 11.3. The summed E-state index contributed by atoms with van der Waals surface area (Å²) in [6.45, 7) is 4.74. The summed E-state index contributed by atoms with van der Waals surface area (Å²) in [5.74, 6) is 0.837. The minimum absolute atomic E-state index is 0.622. The van der Waals surface area contributed by atoms with Gasteiger partial charge in [-0.1, -0.05) is 19.1 Å². The van der Waals surface area contributed by atoms with Gasteiger partial charge in [0.05, 0.1) is 6.61 Å². The Balaban J connectivity index is 2.16. The molecule has 1 N–H and O–H groups in total. The van der Waals surface area contributed by atoms with E-state index < -0.39 is 6.10 Å². The molecule has 0 spiro atoms. The first kappa shape index (κ1) is 13.6. The van der Waals surface area contributed by atoms with Crippen LogP contribution in [0, 0.1) is 6.92 Å². The minimum atomic E-state index is -0.622. The third kappa shape index (κ3) is 3.32. The van der Waals surface area contributed by atoms with Gasteiger partial charge in [0.2, 0.25) is 0 Å². The number of pyridine rings is 1. The molecule has 0 radical (unpaired) electrons. The standard InChI is InChI=1S/C16H19NO2/c1-3-10-19-14-6-4-13(5-7-14)16(18)15-8-9-17-11-12(15)2/h4-9,11,16,18H,3,10H2,1-2H3. The van der Waals surface area contributed by atoms with Crippen molar-refractivity contribution in [3.63, 3.8) is 0 Å². The Kier molecular flexibility index (Phi) is 4.53. The highest BCUT2D eigenvalue weighted by atomic mass is 16.5. The number of aryl methyl sites for hydroxylation is 1. The summed E-state index contributed by atoms with van der Waals surface area (Å²) in [6.07, 6.45) is 3.82. The molecule has 3 nitrogen and oxygen atoms in total. The molecule has 0 amide bonds. The molecule has 1 aromatic carbocycles. The van der Waals surface area contributed by atoms with E-state index in [-0.39, 0.29) is 0 Å². The van der Waals surface area contributed by atoms with Crippen molar-refractivity contribution in [3.05, 3.63) is 59.4 Å². The van der Waals surface area contributed by atoms with Gasteiger partial charge in [0.15, 0.2) is 0 Å². The van der Waals surface area contributed by atoms with Crippen LogP contribution in [0.25, 0.3) is 0 Å². The van der Waals surface area contributed by atoms with E-state index in [4.69, 9.17) is 4.74 Å². The zero-order chi connectivity index (χ0) is 13.7. The fourth-order valence-electron chi connectivity index (χ4n) is 1.94. The number of nitrogens with zero attached hydrogens (tertiary/aromatic N) is 1. The van der Waals surface area contributed by atoms with Crippen molar-refractivity contribution < 1.29 is 9.84 Å². The van der Waals surface area contributed by atoms with E-state index in [1.54, 1.807) is 12.4 Å². The normalized spacial score (nSPS) is 12.2. The maximum Gasteiger partial charge on any atom is 0.119 e. The van der Waals surface area contributed by atoms with Gasteiger partial charge in [-0.25, -0.2) is 0 Å². The number of aliphatic hydroxyl groups is 1. The second-order valence-electron chi connectivity index (χ2n) is 4.55. The van der Waals surface area contributed by atoms with Crippen LogP contribution in [-0.4, -0.2) is 16.7 Å². The van der Waals surface area contributed by atoms with Crippen molar-refractivity contribution in [2.24, 2.45) is 0 Å². The summed E-state index contributed by atoms with van der Waals surface area (Å²) in [5, 5.41) is 10.4. The fraction of sp³-hybridized carbons (Fsp3) is 0.312. The molecule has 1 heterocycles. The first-order chi connectivity index (χ1) is 9.22. The van der Waals surface area contributed by atoms with E-state index in [0.717, 1.165) is 28.9 Å². The Bertz CT molecular complexity index is 523. The predicted molar refractivity (Wildman–Crippen MR) is 75.3 cm³/mol. The molecule has 2 rings (SSSR count). The molecule has 0 aliphatic carbocycles. The molecule has 0 bridgehead atoms. The van der Waals surface area contributed by atoms with Crippen LogP contribution in [0.2, 0.25) is 0 Å². The summed E-state index contributed by atoms with van der Waals surface area (Å²) in [7, 11) is 0. The smallest absolute Gasteiger partial charge is 0.119 e. The van der Waals surface area contributed by atoms with Crippen LogP contribution in [0.4, 0.5) is 0 Å². The van der Waals surface area contributed by atoms with Gasteiger partial charge in [-0.3, -0.25) is 4.98 Å². The third-order valence-corrected chi connectivity index (χ3v) is 3.03. The van der Waals surface area contributed by atoms with Crippen molar-refractivity contribution in [1.82, 2.24) is 4.98 Å². The molecule has 19 heavy (non-hydrogen) atoms. The Morgan fingerprint density at radius 2 is 1.95 bits per heavy atom. The molecule has 0 fully saturated rings. The number of ether oxygens (including phenoxy) is 1. The van der Waals surface area contributed by atoms with E-state index in [9.17, 15) is 5.11 Å². The van der Waals surface area contributed by atoms with Crippen LogP contribution >= 0.6 is 0 Å². The lowest BCUT2D eigenvalue weighted by Gasteiger charge is -2.14.